The molecule has 0 saturated heterocycles. The number of hydrogen-bond donors (Lipinski definition) is 1. The van der Waals surface area contributed by atoms with Crippen LogP contribution in [0.25, 0.3) is 21.8 Å². The zero-order valence-corrected chi connectivity index (χ0v) is 12.5. The Morgan fingerprint density at radius 3 is 2.64 bits per heavy atom. The zero-order chi connectivity index (χ0) is 15.1. The van der Waals surface area contributed by atoms with Crippen molar-refractivity contribution in [1.82, 2.24) is 4.57 Å². The lowest BCUT2D eigenvalue weighted by Gasteiger charge is -2.06. The molecule has 0 amide bonds. The van der Waals surface area contributed by atoms with Crippen LogP contribution in [0.4, 0.5) is 0 Å². The number of carboxylic acid groups (broad SMARTS) is 1. The minimum Gasteiger partial charge on any atom is -0.478 e. The van der Waals surface area contributed by atoms with Gasteiger partial charge in [0, 0.05) is 22.8 Å². The fourth-order valence-corrected chi connectivity index (χ4v) is 3.58. The van der Waals surface area contributed by atoms with Gasteiger partial charge in [-0.3, -0.25) is 0 Å². The van der Waals surface area contributed by atoms with Gasteiger partial charge in [-0.1, -0.05) is 24.3 Å². The molecule has 2 heterocycles. The Bertz CT molecular complexity index is 983. The largest absolute Gasteiger partial charge is 0.478 e. The van der Waals surface area contributed by atoms with Crippen LogP contribution in [-0.2, 0) is 6.54 Å². The van der Waals surface area contributed by atoms with Crippen LogP contribution in [0.3, 0.4) is 0 Å². The molecular formula is C18H13NO2S. The van der Waals surface area contributed by atoms with Crippen LogP contribution in [0.1, 0.15) is 15.9 Å². The fraction of sp³-hybridized carbons (Fsp3) is 0.0556. The first-order valence-electron chi connectivity index (χ1n) is 6.99. The average Bonchev–Trinajstić information content (AvgIpc) is 3.15. The van der Waals surface area contributed by atoms with Crippen molar-refractivity contribution in [3.05, 3.63) is 70.4 Å². The fourth-order valence-electron chi connectivity index (χ4n) is 2.92. The van der Waals surface area contributed by atoms with Gasteiger partial charge in [0.2, 0.25) is 0 Å². The quantitative estimate of drug-likeness (QED) is 0.601. The van der Waals surface area contributed by atoms with Crippen LogP contribution in [-0.4, -0.2) is 15.6 Å². The summed E-state index contributed by atoms with van der Waals surface area (Å²) in [5.41, 5.74) is 3.65. The first-order valence-corrected chi connectivity index (χ1v) is 7.94. The van der Waals surface area contributed by atoms with E-state index >= 15 is 0 Å². The molecule has 22 heavy (non-hydrogen) atoms. The van der Waals surface area contributed by atoms with Crippen molar-refractivity contribution in [1.29, 1.82) is 0 Å². The molecule has 108 valence electrons. The minimum absolute atomic E-state index is 0.321. The predicted molar refractivity (Wildman–Crippen MR) is 89.8 cm³/mol. The van der Waals surface area contributed by atoms with Crippen LogP contribution in [0.15, 0.2) is 59.3 Å². The number of thiophene rings is 1. The van der Waals surface area contributed by atoms with E-state index < -0.39 is 5.97 Å². The number of para-hydroxylation sites is 1. The topological polar surface area (TPSA) is 42.2 Å². The van der Waals surface area contributed by atoms with Gasteiger partial charge in [-0.2, -0.15) is 11.3 Å². The summed E-state index contributed by atoms with van der Waals surface area (Å²) in [5, 5.41) is 15.7. The number of carboxylic acids is 1. The van der Waals surface area contributed by atoms with Crippen LogP contribution < -0.4 is 0 Å². The van der Waals surface area contributed by atoms with E-state index in [0.29, 0.717) is 5.56 Å². The highest BCUT2D eigenvalue weighted by Crippen LogP contribution is 2.30. The maximum Gasteiger partial charge on any atom is 0.335 e. The van der Waals surface area contributed by atoms with Crippen molar-refractivity contribution in [3.63, 3.8) is 0 Å². The molecule has 0 saturated carbocycles. The Morgan fingerprint density at radius 1 is 1.05 bits per heavy atom. The average molecular weight is 307 g/mol. The van der Waals surface area contributed by atoms with E-state index in [1.807, 2.05) is 18.2 Å². The molecule has 0 spiro atoms. The van der Waals surface area contributed by atoms with Crippen LogP contribution in [0.5, 0.6) is 0 Å². The second-order valence-electron chi connectivity index (χ2n) is 5.27. The molecule has 3 nitrogen and oxygen atoms in total. The Morgan fingerprint density at radius 2 is 1.86 bits per heavy atom. The van der Waals surface area contributed by atoms with Gasteiger partial charge in [0.15, 0.2) is 0 Å². The maximum atomic E-state index is 11.3. The number of fused-ring (bicyclic) bond motifs is 3. The van der Waals surface area contributed by atoms with Crippen molar-refractivity contribution >= 4 is 39.1 Å². The summed E-state index contributed by atoms with van der Waals surface area (Å²) in [6.45, 7) is 0.747. The molecular weight excluding hydrogens is 294 g/mol. The number of hydrogen-bond acceptors (Lipinski definition) is 2. The maximum absolute atomic E-state index is 11.3. The van der Waals surface area contributed by atoms with Crippen molar-refractivity contribution in [2.75, 3.05) is 0 Å². The van der Waals surface area contributed by atoms with Gasteiger partial charge in [-0.05, 0) is 40.6 Å². The number of rotatable bonds is 3. The van der Waals surface area contributed by atoms with Crippen molar-refractivity contribution < 1.29 is 9.90 Å². The molecule has 1 N–H and O–H groups in total. The second kappa shape index (κ2) is 5.00. The molecule has 0 radical (unpaired) electrons. The van der Waals surface area contributed by atoms with Gasteiger partial charge >= 0.3 is 5.97 Å². The van der Waals surface area contributed by atoms with E-state index in [4.69, 9.17) is 0 Å². The molecule has 2 aromatic carbocycles. The minimum atomic E-state index is -0.894. The Kier molecular flexibility index (Phi) is 2.98. The summed E-state index contributed by atoms with van der Waals surface area (Å²) in [6.07, 6.45) is 0. The van der Waals surface area contributed by atoms with Crippen molar-refractivity contribution in [2.24, 2.45) is 0 Å². The van der Waals surface area contributed by atoms with Crippen molar-refractivity contribution in [3.8, 4) is 0 Å². The highest BCUT2D eigenvalue weighted by Gasteiger charge is 2.13. The summed E-state index contributed by atoms with van der Waals surface area (Å²) in [7, 11) is 0. The number of nitrogens with zero attached hydrogens (tertiary/aromatic N) is 1. The molecule has 0 atom stereocenters. The molecule has 4 heteroatoms. The molecule has 0 aliphatic carbocycles. The smallest absolute Gasteiger partial charge is 0.335 e. The predicted octanol–water partition coefficient (Wildman–Crippen LogP) is 4.60. The second-order valence-corrected chi connectivity index (χ2v) is 6.05. The molecule has 4 rings (SSSR count). The molecule has 0 unspecified atom stereocenters. The first kappa shape index (κ1) is 13.1. The Labute approximate surface area is 131 Å². The van der Waals surface area contributed by atoms with E-state index in [0.717, 1.165) is 28.4 Å². The third kappa shape index (κ3) is 2.00. The van der Waals surface area contributed by atoms with Gasteiger partial charge in [-0.15, -0.1) is 0 Å². The number of benzene rings is 2. The standard InChI is InChI=1S/C18H13NO2S/c20-18(21)13-5-6-15-14-3-1-2-4-16(14)19(17(15)9-13)10-12-7-8-22-11-12/h1-9,11H,10H2,(H,20,21). The SMILES string of the molecule is O=C(O)c1ccc2c3ccccc3n(Cc3ccsc3)c2c1. The van der Waals surface area contributed by atoms with Gasteiger partial charge in [0.05, 0.1) is 11.1 Å². The number of aromatic nitrogens is 1. The van der Waals surface area contributed by atoms with Crippen molar-refractivity contribution in [2.45, 2.75) is 6.54 Å². The summed E-state index contributed by atoms with van der Waals surface area (Å²) in [4.78, 5) is 11.3. The number of carbonyl (C=O) groups is 1. The highest BCUT2D eigenvalue weighted by atomic mass is 32.1. The summed E-state index contributed by atoms with van der Waals surface area (Å²) in [5.74, 6) is -0.894. The van der Waals surface area contributed by atoms with E-state index in [1.165, 1.54) is 5.56 Å². The van der Waals surface area contributed by atoms with E-state index in [-0.39, 0.29) is 0 Å². The van der Waals surface area contributed by atoms with Crippen LogP contribution in [0, 0.1) is 0 Å². The van der Waals surface area contributed by atoms with E-state index in [9.17, 15) is 9.90 Å². The molecule has 4 aromatic rings. The molecule has 0 aliphatic heterocycles. The monoisotopic (exact) mass is 307 g/mol. The van der Waals surface area contributed by atoms with Crippen LogP contribution in [0.2, 0.25) is 0 Å². The van der Waals surface area contributed by atoms with Gasteiger partial charge < -0.3 is 9.67 Å². The first-order chi connectivity index (χ1) is 10.7. The molecule has 0 aliphatic rings. The molecule has 0 bridgehead atoms. The summed E-state index contributed by atoms with van der Waals surface area (Å²) in [6, 6.07) is 15.7. The van der Waals surface area contributed by atoms with E-state index in [2.05, 4.69) is 33.5 Å². The molecule has 0 fully saturated rings. The Hall–Kier alpha value is -2.59. The van der Waals surface area contributed by atoms with Crippen LogP contribution >= 0.6 is 11.3 Å². The molecule has 2 aromatic heterocycles. The lowest BCUT2D eigenvalue weighted by atomic mass is 10.1. The van der Waals surface area contributed by atoms with Gasteiger partial charge in [-0.25, -0.2) is 4.79 Å². The lowest BCUT2D eigenvalue weighted by molar-refractivity contribution is 0.0697. The van der Waals surface area contributed by atoms with Gasteiger partial charge in [0.1, 0.15) is 0 Å². The summed E-state index contributed by atoms with van der Waals surface area (Å²) < 4.78 is 2.19. The summed E-state index contributed by atoms with van der Waals surface area (Å²) >= 11 is 1.67. The normalized spacial score (nSPS) is 11.3. The Balaban J connectivity index is 2.04. The third-order valence-corrected chi connectivity index (χ3v) is 4.67. The highest BCUT2D eigenvalue weighted by molar-refractivity contribution is 7.07. The number of aromatic carboxylic acids is 1. The zero-order valence-electron chi connectivity index (χ0n) is 11.7. The van der Waals surface area contributed by atoms with Gasteiger partial charge in [0.25, 0.3) is 0 Å². The lowest BCUT2D eigenvalue weighted by Crippen LogP contribution is -2.00. The van der Waals surface area contributed by atoms with E-state index in [1.54, 1.807) is 23.5 Å². The third-order valence-electron chi connectivity index (χ3n) is 3.94.